The Kier molecular flexibility index (Phi) is 3.65. The van der Waals surface area contributed by atoms with E-state index in [0.717, 1.165) is 0 Å². The average molecular weight is 225 g/mol. The molecule has 0 saturated carbocycles. The van der Waals surface area contributed by atoms with E-state index in [1.54, 1.807) is 20.9 Å². The van der Waals surface area contributed by atoms with Crippen LogP contribution in [0, 0.1) is 5.92 Å². The van der Waals surface area contributed by atoms with Crippen molar-refractivity contribution in [3.63, 3.8) is 0 Å². The first-order chi connectivity index (χ1) is 7.43. The summed E-state index contributed by atoms with van der Waals surface area (Å²) in [7, 11) is 1.63. The third kappa shape index (κ3) is 2.59. The molecule has 1 heterocycles. The summed E-state index contributed by atoms with van der Waals surface area (Å²) in [6, 6.07) is 0.650. The van der Waals surface area contributed by atoms with Crippen molar-refractivity contribution in [1.29, 1.82) is 0 Å². The number of carboxylic acid groups (broad SMARTS) is 1. The van der Waals surface area contributed by atoms with Crippen LogP contribution in [0.25, 0.3) is 0 Å². The van der Waals surface area contributed by atoms with Gasteiger partial charge in [-0.2, -0.15) is 5.10 Å². The van der Waals surface area contributed by atoms with Crippen molar-refractivity contribution in [1.82, 2.24) is 15.1 Å². The van der Waals surface area contributed by atoms with Gasteiger partial charge in [-0.15, -0.1) is 0 Å². The summed E-state index contributed by atoms with van der Waals surface area (Å²) in [5.74, 6) is -1.64. The van der Waals surface area contributed by atoms with E-state index in [4.69, 9.17) is 5.11 Å². The highest BCUT2D eigenvalue weighted by Gasteiger charge is 2.24. The minimum Gasteiger partial charge on any atom is -0.480 e. The first kappa shape index (κ1) is 12.2. The van der Waals surface area contributed by atoms with Crippen molar-refractivity contribution in [3.8, 4) is 0 Å². The normalized spacial score (nSPS) is 12.5. The Morgan fingerprint density at radius 3 is 2.50 bits per heavy atom. The lowest BCUT2D eigenvalue weighted by Gasteiger charge is -2.17. The van der Waals surface area contributed by atoms with Gasteiger partial charge in [0.15, 0.2) is 0 Å². The Bertz CT molecular complexity index is 398. The Labute approximate surface area is 93.3 Å². The van der Waals surface area contributed by atoms with Crippen LogP contribution in [0.15, 0.2) is 12.3 Å². The number of aliphatic carboxylic acids is 1. The average Bonchev–Trinajstić information content (AvgIpc) is 2.59. The number of carbonyl (C=O) groups is 2. The number of nitrogens with one attached hydrogen (secondary N) is 1. The maximum atomic E-state index is 11.7. The van der Waals surface area contributed by atoms with Gasteiger partial charge in [0.05, 0.1) is 0 Å². The molecule has 0 fully saturated rings. The molecule has 1 amide bonds. The van der Waals surface area contributed by atoms with Crippen molar-refractivity contribution < 1.29 is 14.7 Å². The number of carboxylic acids is 1. The summed E-state index contributed by atoms with van der Waals surface area (Å²) in [6.45, 7) is 3.48. The second-order valence-corrected chi connectivity index (χ2v) is 3.87. The minimum absolute atomic E-state index is 0.172. The molecule has 0 aromatic carbocycles. The van der Waals surface area contributed by atoms with Crippen molar-refractivity contribution in [2.24, 2.45) is 13.0 Å². The van der Waals surface area contributed by atoms with Crippen LogP contribution in [0.5, 0.6) is 0 Å². The van der Waals surface area contributed by atoms with Crippen LogP contribution >= 0.6 is 0 Å². The maximum Gasteiger partial charge on any atom is 0.326 e. The highest BCUT2D eigenvalue weighted by molar-refractivity contribution is 5.95. The second kappa shape index (κ2) is 4.78. The molecule has 0 radical (unpaired) electrons. The number of nitrogens with zero attached hydrogens (tertiary/aromatic N) is 2. The van der Waals surface area contributed by atoms with Crippen molar-refractivity contribution in [3.05, 3.63) is 18.0 Å². The second-order valence-electron chi connectivity index (χ2n) is 3.87. The number of carbonyl (C=O) groups excluding carboxylic acids is 1. The van der Waals surface area contributed by atoms with Crippen LogP contribution in [0.2, 0.25) is 0 Å². The largest absolute Gasteiger partial charge is 0.480 e. The molecule has 0 unspecified atom stereocenters. The number of hydrogen-bond donors (Lipinski definition) is 2. The van der Waals surface area contributed by atoms with E-state index >= 15 is 0 Å². The number of rotatable bonds is 4. The van der Waals surface area contributed by atoms with Crippen LogP contribution in [0.3, 0.4) is 0 Å². The third-order valence-corrected chi connectivity index (χ3v) is 2.27. The zero-order chi connectivity index (χ0) is 12.3. The number of aromatic nitrogens is 2. The van der Waals surface area contributed by atoms with Crippen LogP contribution < -0.4 is 5.32 Å². The van der Waals surface area contributed by atoms with Gasteiger partial charge >= 0.3 is 5.97 Å². The van der Waals surface area contributed by atoms with E-state index < -0.39 is 17.9 Å². The van der Waals surface area contributed by atoms with Gasteiger partial charge in [-0.1, -0.05) is 13.8 Å². The molecule has 0 aliphatic rings. The zero-order valence-electron chi connectivity index (χ0n) is 9.47. The molecule has 6 heteroatoms. The van der Waals surface area contributed by atoms with Gasteiger partial charge in [-0.25, -0.2) is 4.79 Å². The molecule has 0 aliphatic carbocycles. The van der Waals surface area contributed by atoms with Gasteiger partial charge in [0.1, 0.15) is 11.7 Å². The molecule has 1 aromatic rings. The number of aryl methyl sites for hydroxylation is 1. The molecule has 2 N–H and O–H groups in total. The molecule has 0 aliphatic heterocycles. The highest BCUT2D eigenvalue weighted by Crippen LogP contribution is 2.04. The predicted molar refractivity (Wildman–Crippen MR) is 56.9 cm³/mol. The monoisotopic (exact) mass is 225 g/mol. The van der Waals surface area contributed by atoms with Gasteiger partial charge in [-0.05, 0) is 12.0 Å². The summed E-state index contributed by atoms with van der Waals surface area (Å²) in [4.78, 5) is 22.6. The maximum absolute atomic E-state index is 11.7. The van der Waals surface area contributed by atoms with Crippen LogP contribution in [0.1, 0.15) is 24.3 Å². The quantitative estimate of drug-likeness (QED) is 0.769. The number of amides is 1. The molecule has 16 heavy (non-hydrogen) atoms. The van der Waals surface area contributed by atoms with Gasteiger partial charge in [0.2, 0.25) is 0 Å². The van der Waals surface area contributed by atoms with E-state index in [-0.39, 0.29) is 5.92 Å². The fourth-order valence-electron chi connectivity index (χ4n) is 1.33. The lowest BCUT2D eigenvalue weighted by Crippen LogP contribution is -2.44. The van der Waals surface area contributed by atoms with Crippen LogP contribution in [-0.4, -0.2) is 32.8 Å². The van der Waals surface area contributed by atoms with Crippen LogP contribution in [0.4, 0.5) is 0 Å². The van der Waals surface area contributed by atoms with Crippen LogP contribution in [-0.2, 0) is 11.8 Å². The fraction of sp³-hybridized carbons (Fsp3) is 0.500. The highest BCUT2D eigenvalue weighted by atomic mass is 16.4. The Morgan fingerprint density at radius 2 is 2.12 bits per heavy atom. The first-order valence-electron chi connectivity index (χ1n) is 4.95. The molecule has 0 saturated heterocycles. The summed E-state index contributed by atoms with van der Waals surface area (Å²) < 4.78 is 1.40. The van der Waals surface area contributed by atoms with Crippen molar-refractivity contribution in [2.75, 3.05) is 0 Å². The molecule has 1 aromatic heterocycles. The van der Waals surface area contributed by atoms with E-state index in [1.165, 1.54) is 16.9 Å². The molecule has 88 valence electrons. The summed E-state index contributed by atoms with van der Waals surface area (Å²) in [6.07, 6.45) is 1.49. The summed E-state index contributed by atoms with van der Waals surface area (Å²) >= 11 is 0. The smallest absolute Gasteiger partial charge is 0.326 e. The summed E-state index contributed by atoms with van der Waals surface area (Å²) in [5, 5.41) is 15.2. The molecular weight excluding hydrogens is 210 g/mol. The predicted octanol–water partition coefficient (Wildman–Crippen LogP) is 0.259. The SMILES string of the molecule is CC(C)[C@H](NC(=O)c1ccnn1C)C(=O)O. The Balaban J connectivity index is 2.77. The summed E-state index contributed by atoms with van der Waals surface area (Å²) in [5.41, 5.74) is 0.340. The van der Waals surface area contributed by atoms with E-state index in [1.807, 2.05) is 0 Å². The zero-order valence-corrected chi connectivity index (χ0v) is 9.47. The molecule has 1 atom stereocenters. The van der Waals surface area contributed by atoms with E-state index in [2.05, 4.69) is 10.4 Å². The topological polar surface area (TPSA) is 84.2 Å². The minimum atomic E-state index is -1.04. The van der Waals surface area contributed by atoms with Gasteiger partial charge in [-0.3, -0.25) is 9.48 Å². The standard InChI is InChI=1S/C10H15N3O3/c1-6(2)8(10(15)16)12-9(14)7-4-5-11-13(7)3/h4-6,8H,1-3H3,(H,12,14)(H,15,16)/t8-/m0/s1. The molecule has 6 nitrogen and oxygen atoms in total. The lowest BCUT2D eigenvalue weighted by atomic mass is 10.0. The molecular formula is C10H15N3O3. The van der Waals surface area contributed by atoms with Crippen molar-refractivity contribution >= 4 is 11.9 Å². The Morgan fingerprint density at radius 1 is 1.50 bits per heavy atom. The molecule has 0 bridgehead atoms. The van der Waals surface area contributed by atoms with E-state index in [0.29, 0.717) is 5.69 Å². The van der Waals surface area contributed by atoms with Crippen molar-refractivity contribution in [2.45, 2.75) is 19.9 Å². The van der Waals surface area contributed by atoms with Gasteiger partial charge < -0.3 is 10.4 Å². The molecule has 1 rings (SSSR count). The van der Waals surface area contributed by atoms with Gasteiger partial charge in [0.25, 0.3) is 5.91 Å². The number of hydrogen-bond acceptors (Lipinski definition) is 3. The van der Waals surface area contributed by atoms with Gasteiger partial charge in [0, 0.05) is 13.2 Å². The lowest BCUT2D eigenvalue weighted by molar-refractivity contribution is -0.140. The Hall–Kier alpha value is -1.85. The third-order valence-electron chi connectivity index (χ3n) is 2.27. The van der Waals surface area contributed by atoms with E-state index in [9.17, 15) is 9.59 Å². The molecule has 0 spiro atoms. The first-order valence-corrected chi connectivity index (χ1v) is 4.95. The fourth-order valence-corrected chi connectivity index (χ4v) is 1.33.